The van der Waals surface area contributed by atoms with Crippen molar-refractivity contribution in [3.8, 4) is 5.75 Å². The standard InChI is InChI=1S/C26H23NO4/c1-16-12-13-19(14-17(16)2)24(28)22-23(18-8-5-4-6-9-18)27(26(30)25(22)29)20-10-7-11-21(15-20)31-3/h4-15,23,28H,1-3H3/b24-22+. The summed E-state index contributed by atoms with van der Waals surface area (Å²) in [6.45, 7) is 3.92. The number of hydrogen-bond acceptors (Lipinski definition) is 4. The van der Waals surface area contributed by atoms with Crippen LogP contribution in [0.1, 0.15) is 28.3 Å². The van der Waals surface area contributed by atoms with E-state index in [1.54, 1.807) is 37.4 Å². The van der Waals surface area contributed by atoms with Gasteiger partial charge in [0.2, 0.25) is 0 Å². The first-order chi connectivity index (χ1) is 14.9. The van der Waals surface area contributed by atoms with E-state index in [-0.39, 0.29) is 11.3 Å². The summed E-state index contributed by atoms with van der Waals surface area (Å²) in [6.07, 6.45) is 0. The number of ether oxygens (including phenoxy) is 1. The van der Waals surface area contributed by atoms with Crippen LogP contribution in [0.3, 0.4) is 0 Å². The Labute approximate surface area is 181 Å². The average molecular weight is 413 g/mol. The first-order valence-corrected chi connectivity index (χ1v) is 10.00. The third-order valence-corrected chi connectivity index (χ3v) is 5.67. The van der Waals surface area contributed by atoms with Gasteiger partial charge in [-0.2, -0.15) is 0 Å². The lowest BCUT2D eigenvalue weighted by molar-refractivity contribution is -0.132. The average Bonchev–Trinajstić information content (AvgIpc) is 3.06. The molecule has 31 heavy (non-hydrogen) atoms. The highest BCUT2D eigenvalue weighted by molar-refractivity contribution is 6.51. The topological polar surface area (TPSA) is 66.8 Å². The number of ketones is 1. The van der Waals surface area contributed by atoms with Crippen LogP contribution in [0.2, 0.25) is 0 Å². The molecule has 1 unspecified atom stereocenters. The normalized spacial score (nSPS) is 17.8. The number of amides is 1. The number of anilines is 1. The number of benzene rings is 3. The van der Waals surface area contributed by atoms with Crippen molar-refractivity contribution in [3.63, 3.8) is 0 Å². The van der Waals surface area contributed by atoms with Gasteiger partial charge in [0.25, 0.3) is 11.7 Å². The smallest absolute Gasteiger partial charge is 0.300 e. The molecule has 3 aromatic rings. The molecule has 1 fully saturated rings. The number of Topliss-reactive ketones (excluding diaryl/α,β-unsaturated/α-hetero) is 1. The Bertz CT molecular complexity index is 1200. The zero-order valence-electron chi connectivity index (χ0n) is 17.6. The van der Waals surface area contributed by atoms with Crippen molar-refractivity contribution < 1.29 is 19.4 Å². The third-order valence-electron chi connectivity index (χ3n) is 5.67. The fraction of sp³-hybridized carbons (Fsp3) is 0.154. The summed E-state index contributed by atoms with van der Waals surface area (Å²) in [6, 6.07) is 21.0. The van der Waals surface area contributed by atoms with Crippen LogP contribution in [0.5, 0.6) is 5.75 Å². The monoisotopic (exact) mass is 413 g/mol. The van der Waals surface area contributed by atoms with Crippen LogP contribution >= 0.6 is 0 Å². The van der Waals surface area contributed by atoms with Gasteiger partial charge in [-0.25, -0.2) is 0 Å². The van der Waals surface area contributed by atoms with Crippen LogP contribution in [-0.2, 0) is 9.59 Å². The molecule has 1 N–H and O–H groups in total. The summed E-state index contributed by atoms with van der Waals surface area (Å²) in [4.78, 5) is 27.7. The second-order valence-electron chi connectivity index (χ2n) is 7.58. The van der Waals surface area contributed by atoms with E-state index in [4.69, 9.17) is 4.74 Å². The number of hydrogen-bond donors (Lipinski definition) is 1. The summed E-state index contributed by atoms with van der Waals surface area (Å²) in [5.41, 5.74) is 3.90. The van der Waals surface area contributed by atoms with Crippen molar-refractivity contribution in [1.82, 2.24) is 0 Å². The van der Waals surface area contributed by atoms with Gasteiger partial charge < -0.3 is 9.84 Å². The van der Waals surface area contributed by atoms with Gasteiger partial charge in [0.05, 0.1) is 18.7 Å². The maximum atomic E-state index is 13.2. The van der Waals surface area contributed by atoms with E-state index in [1.165, 1.54) is 4.90 Å². The van der Waals surface area contributed by atoms with Crippen molar-refractivity contribution in [2.75, 3.05) is 12.0 Å². The van der Waals surface area contributed by atoms with Gasteiger partial charge in [0.1, 0.15) is 11.5 Å². The largest absolute Gasteiger partial charge is 0.507 e. The highest BCUT2D eigenvalue weighted by Gasteiger charge is 2.47. The summed E-state index contributed by atoms with van der Waals surface area (Å²) in [7, 11) is 1.54. The lowest BCUT2D eigenvalue weighted by atomic mass is 9.94. The molecule has 0 spiro atoms. The van der Waals surface area contributed by atoms with Crippen molar-refractivity contribution in [1.29, 1.82) is 0 Å². The summed E-state index contributed by atoms with van der Waals surface area (Å²) in [5, 5.41) is 11.2. The fourth-order valence-corrected chi connectivity index (χ4v) is 3.85. The first-order valence-electron chi connectivity index (χ1n) is 10.00. The van der Waals surface area contributed by atoms with Crippen LogP contribution < -0.4 is 9.64 Å². The number of nitrogens with zero attached hydrogens (tertiary/aromatic N) is 1. The molecule has 0 aromatic heterocycles. The third kappa shape index (κ3) is 3.59. The Morgan fingerprint density at radius 3 is 2.32 bits per heavy atom. The maximum Gasteiger partial charge on any atom is 0.300 e. The van der Waals surface area contributed by atoms with Crippen LogP contribution in [0.4, 0.5) is 5.69 Å². The molecule has 1 amide bonds. The highest BCUT2D eigenvalue weighted by Crippen LogP contribution is 2.42. The molecule has 5 nitrogen and oxygen atoms in total. The van der Waals surface area contributed by atoms with E-state index in [0.29, 0.717) is 17.0 Å². The van der Waals surface area contributed by atoms with E-state index in [1.807, 2.05) is 56.3 Å². The van der Waals surface area contributed by atoms with E-state index in [0.717, 1.165) is 16.7 Å². The second kappa shape index (κ2) is 8.11. The Kier molecular flexibility index (Phi) is 5.34. The molecule has 156 valence electrons. The van der Waals surface area contributed by atoms with Gasteiger partial charge in [0.15, 0.2) is 0 Å². The number of aliphatic hydroxyl groups is 1. The second-order valence-corrected chi connectivity index (χ2v) is 7.58. The number of rotatable bonds is 4. The SMILES string of the molecule is COc1cccc(N2C(=O)C(=O)/C(=C(/O)c3ccc(C)c(C)c3)C2c2ccccc2)c1. The van der Waals surface area contributed by atoms with E-state index in [2.05, 4.69) is 0 Å². The molecule has 0 aliphatic carbocycles. The Morgan fingerprint density at radius 2 is 1.65 bits per heavy atom. The molecular formula is C26H23NO4. The van der Waals surface area contributed by atoms with Gasteiger partial charge in [-0.05, 0) is 48.7 Å². The molecule has 1 atom stereocenters. The molecule has 3 aromatic carbocycles. The quantitative estimate of drug-likeness (QED) is 0.374. The summed E-state index contributed by atoms with van der Waals surface area (Å²) < 4.78 is 5.30. The Hall–Kier alpha value is -3.86. The van der Waals surface area contributed by atoms with Gasteiger partial charge in [-0.3, -0.25) is 14.5 Å². The number of aliphatic hydroxyl groups excluding tert-OH is 1. The molecule has 0 saturated carbocycles. The number of aryl methyl sites for hydroxylation is 2. The lowest BCUT2D eigenvalue weighted by Gasteiger charge is -2.25. The Balaban J connectivity index is 1.94. The number of carbonyl (C=O) groups excluding carboxylic acids is 2. The highest BCUT2D eigenvalue weighted by atomic mass is 16.5. The maximum absolute atomic E-state index is 13.2. The minimum atomic E-state index is -0.755. The Morgan fingerprint density at radius 1 is 0.903 bits per heavy atom. The molecule has 0 radical (unpaired) electrons. The predicted molar refractivity (Wildman–Crippen MR) is 120 cm³/mol. The van der Waals surface area contributed by atoms with E-state index < -0.39 is 17.7 Å². The molecule has 1 saturated heterocycles. The van der Waals surface area contributed by atoms with Gasteiger partial charge in [-0.1, -0.05) is 48.5 Å². The van der Waals surface area contributed by atoms with E-state index >= 15 is 0 Å². The zero-order valence-corrected chi connectivity index (χ0v) is 17.6. The molecular weight excluding hydrogens is 390 g/mol. The lowest BCUT2D eigenvalue weighted by Crippen LogP contribution is -2.29. The van der Waals surface area contributed by atoms with Crippen LogP contribution in [0.25, 0.3) is 5.76 Å². The van der Waals surface area contributed by atoms with Gasteiger partial charge in [-0.15, -0.1) is 0 Å². The number of methoxy groups -OCH3 is 1. The summed E-state index contributed by atoms with van der Waals surface area (Å²) >= 11 is 0. The van der Waals surface area contributed by atoms with E-state index in [9.17, 15) is 14.7 Å². The molecule has 5 heteroatoms. The molecule has 4 rings (SSSR count). The first kappa shape index (κ1) is 20.4. The summed E-state index contributed by atoms with van der Waals surface area (Å²) in [5.74, 6) is -1.01. The molecule has 0 bridgehead atoms. The van der Waals surface area contributed by atoms with Crippen LogP contribution in [0, 0.1) is 13.8 Å². The van der Waals surface area contributed by atoms with Crippen molar-refractivity contribution in [3.05, 3.63) is 101 Å². The minimum absolute atomic E-state index is 0.0715. The molecule has 1 heterocycles. The predicted octanol–water partition coefficient (Wildman–Crippen LogP) is 4.94. The van der Waals surface area contributed by atoms with Crippen LogP contribution in [0.15, 0.2) is 78.4 Å². The fourth-order valence-electron chi connectivity index (χ4n) is 3.85. The van der Waals surface area contributed by atoms with Crippen molar-refractivity contribution in [2.45, 2.75) is 19.9 Å². The molecule has 1 aliphatic rings. The van der Waals surface area contributed by atoms with Gasteiger partial charge >= 0.3 is 0 Å². The van der Waals surface area contributed by atoms with Crippen molar-refractivity contribution >= 4 is 23.1 Å². The number of carbonyl (C=O) groups is 2. The van der Waals surface area contributed by atoms with Crippen molar-refractivity contribution in [2.24, 2.45) is 0 Å². The van der Waals surface area contributed by atoms with Crippen LogP contribution in [-0.4, -0.2) is 23.9 Å². The zero-order chi connectivity index (χ0) is 22.1. The minimum Gasteiger partial charge on any atom is -0.507 e. The molecule has 1 aliphatic heterocycles. The van der Waals surface area contributed by atoms with Gasteiger partial charge in [0, 0.05) is 17.3 Å².